The minimum atomic E-state index is -0.917. The first-order valence-corrected chi connectivity index (χ1v) is 5.73. The van der Waals surface area contributed by atoms with Gasteiger partial charge in [-0.25, -0.2) is 0 Å². The summed E-state index contributed by atoms with van der Waals surface area (Å²) in [7, 11) is 1.46. The maximum absolute atomic E-state index is 11.7. The summed E-state index contributed by atoms with van der Waals surface area (Å²) in [5.41, 5.74) is 0. The van der Waals surface area contributed by atoms with Crippen LogP contribution in [0.1, 0.15) is 19.3 Å². The van der Waals surface area contributed by atoms with Crippen molar-refractivity contribution < 1.29 is 24.5 Å². The van der Waals surface area contributed by atoms with Gasteiger partial charge in [-0.05, 0) is 12.8 Å². The number of carbonyl (C=O) groups excluding carboxylic acids is 1. The quantitative estimate of drug-likeness (QED) is 0.592. The van der Waals surface area contributed by atoms with Crippen molar-refractivity contribution in [3.8, 4) is 0 Å². The van der Waals surface area contributed by atoms with Crippen molar-refractivity contribution in [1.82, 2.24) is 5.32 Å². The number of hydrogen-bond donors (Lipinski definition) is 3. The highest BCUT2D eigenvalue weighted by molar-refractivity contribution is 5.85. The lowest BCUT2D eigenvalue weighted by Gasteiger charge is -2.17. The van der Waals surface area contributed by atoms with E-state index >= 15 is 0 Å². The van der Waals surface area contributed by atoms with E-state index in [-0.39, 0.29) is 19.1 Å². The van der Waals surface area contributed by atoms with Crippen molar-refractivity contribution in [2.45, 2.75) is 25.4 Å². The molecule has 1 aliphatic rings. The molecule has 6 nitrogen and oxygen atoms in total. The number of carboxylic acid groups (broad SMARTS) is 1. The standard InChI is InChI=1S/C11H19NO5/c1-17-6-7(13)5-12-10(14)8-3-2-4-9(8)11(15)16/h7-9,13H,2-6H2,1H3,(H,12,14)(H,15,16)/t7?,8-,9+/m1/s1. The van der Waals surface area contributed by atoms with Crippen LogP contribution in [0.3, 0.4) is 0 Å². The number of nitrogens with one attached hydrogen (secondary N) is 1. The molecular formula is C11H19NO5. The predicted molar refractivity (Wildman–Crippen MR) is 59.4 cm³/mol. The Labute approximate surface area is 100.0 Å². The van der Waals surface area contributed by atoms with Gasteiger partial charge < -0.3 is 20.3 Å². The van der Waals surface area contributed by atoms with Crippen LogP contribution in [0, 0.1) is 11.8 Å². The molecule has 0 aromatic heterocycles. The fourth-order valence-corrected chi connectivity index (χ4v) is 2.17. The van der Waals surface area contributed by atoms with Crippen molar-refractivity contribution in [3.63, 3.8) is 0 Å². The first-order valence-electron chi connectivity index (χ1n) is 5.73. The fourth-order valence-electron chi connectivity index (χ4n) is 2.17. The van der Waals surface area contributed by atoms with Gasteiger partial charge in [-0.3, -0.25) is 9.59 Å². The van der Waals surface area contributed by atoms with Crippen LogP contribution in [0.2, 0.25) is 0 Å². The topological polar surface area (TPSA) is 95.9 Å². The molecule has 0 saturated heterocycles. The molecule has 3 N–H and O–H groups in total. The molecule has 0 heterocycles. The van der Waals surface area contributed by atoms with E-state index in [9.17, 15) is 14.7 Å². The number of amides is 1. The van der Waals surface area contributed by atoms with Gasteiger partial charge in [-0.1, -0.05) is 6.42 Å². The van der Waals surface area contributed by atoms with Crippen LogP contribution >= 0.6 is 0 Å². The summed E-state index contributed by atoms with van der Waals surface area (Å²) in [4.78, 5) is 22.7. The summed E-state index contributed by atoms with van der Waals surface area (Å²) in [6.07, 6.45) is 1.15. The number of carbonyl (C=O) groups is 2. The van der Waals surface area contributed by atoms with Gasteiger partial charge in [0, 0.05) is 13.7 Å². The second-order valence-electron chi connectivity index (χ2n) is 4.34. The summed E-state index contributed by atoms with van der Waals surface area (Å²) < 4.78 is 4.73. The van der Waals surface area contributed by atoms with Gasteiger partial charge in [-0.2, -0.15) is 0 Å². The molecule has 1 amide bonds. The smallest absolute Gasteiger partial charge is 0.307 e. The van der Waals surface area contributed by atoms with E-state index in [0.29, 0.717) is 12.8 Å². The summed E-state index contributed by atoms with van der Waals surface area (Å²) in [6, 6.07) is 0. The molecule has 0 aliphatic heterocycles. The highest BCUT2D eigenvalue weighted by atomic mass is 16.5. The number of aliphatic hydroxyl groups excluding tert-OH is 1. The number of aliphatic carboxylic acids is 1. The Balaban J connectivity index is 2.39. The Hall–Kier alpha value is -1.14. The lowest BCUT2D eigenvalue weighted by atomic mass is 9.95. The molecular weight excluding hydrogens is 226 g/mol. The maximum Gasteiger partial charge on any atom is 0.307 e. The molecule has 1 saturated carbocycles. The second-order valence-corrected chi connectivity index (χ2v) is 4.34. The van der Waals surface area contributed by atoms with Crippen LogP contribution in [0.25, 0.3) is 0 Å². The molecule has 0 radical (unpaired) electrons. The van der Waals surface area contributed by atoms with E-state index in [4.69, 9.17) is 9.84 Å². The van der Waals surface area contributed by atoms with Crippen LogP contribution < -0.4 is 5.32 Å². The lowest BCUT2D eigenvalue weighted by Crippen LogP contribution is -2.40. The predicted octanol–water partition coefficient (Wildman–Crippen LogP) is -0.389. The van der Waals surface area contributed by atoms with E-state index in [1.165, 1.54) is 7.11 Å². The van der Waals surface area contributed by atoms with E-state index in [1.807, 2.05) is 0 Å². The normalized spacial score (nSPS) is 25.5. The molecule has 1 rings (SSSR count). The number of methoxy groups -OCH3 is 1. The minimum absolute atomic E-state index is 0.0928. The number of carboxylic acids is 1. The molecule has 0 aromatic carbocycles. The summed E-state index contributed by atoms with van der Waals surface area (Å²) in [5.74, 6) is -2.26. The number of rotatable bonds is 6. The highest BCUT2D eigenvalue weighted by Gasteiger charge is 2.37. The SMILES string of the molecule is COCC(O)CNC(=O)[C@@H]1CCC[C@@H]1C(=O)O. The van der Waals surface area contributed by atoms with E-state index < -0.39 is 23.9 Å². The Kier molecular flexibility index (Phi) is 5.37. The molecule has 1 unspecified atom stereocenters. The molecule has 1 fully saturated rings. The van der Waals surface area contributed by atoms with Crippen LogP contribution in [0.4, 0.5) is 0 Å². The largest absolute Gasteiger partial charge is 0.481 e. The number of ether oxygens (including phenoxy) is 1. The highest BCUT2D eigenvalue weighted by Crippen LogP contribution is 2.31. The molecule has 98 valence electrons. The molecule has 0 aromatic rings. The average molecular weight is 245 g/mol. The third-order valence-electron chi connectivity index (χ3n) is 3.04. The van der Waals surface area contributed by atoms with Gasteiger partial charge >= 0.3 is 5.97 Å². The van der Waals surface area contributed by atoms with Crippen LogP contribution in [0.15, 0.2) is 0 Å². The molecule has 1 aliphatic carbocycles. The third-order valence-corrected chi connectivity index (χ3v) is 3.04. The lowest BCUT2D eigenvalue weighted by molar-refractivity contribution is -0.146. The van der Waals surface area contributed by atoms with E-state index in [2.05, 4.69) is 5.32 Å². The molecule has 3 atom stereocenters. The molecule has 6 heteroatoms. The Morgan fingerprint density at radius 2 is 2.06 bits per heavy atom. The monoisotopic (exact) mass is 245 g/mol. The van der Waals surface area contributed by atoms with Gasteiger partial charge in [0.15, 0.2) is 0 Å². The zero-order valence-corrected chi connectivity index (χ0v) is 9.89. The zero-order valence-electron chi connectivity index (χ0n) is 9.89. The van der Waals surface area contributed by atoms with Crippen molar-refractivity contribution in [2.24, 2.45) is 11.8 Å². The summed E-state index contributed by atoms with van der Waals surface area (Å²) >= 11 is 0. The molecule has 0 spiro atoms. The van der Waals surface area contributed by atoms with Gasteiger partial charge in [0.2, 0.25) is 5.91 Å². The molecule has 17 heavy (non-hydrogen) atoms. The second kappa shape index (κ2) is 6.56. The van der Waals surface area contributed by atoms with Crippen LogP contribution in [-0.4, -0.2) is 48.5 Å². The summed E-state index contributed by atoms with van der Waals surface area (Å²) in [5, 5.41) is 20.9. The maximum atomic E-state index is 11.7. The van der Waals surface area contributed by atoms with E-state index in [1.54, 1.807) is 0 Å². The third kappa shape index (κ3) is 3.98. The van der Waals surface area contributed by atoms with Crippen LogP contribution in [0.5, 0.6) is 0 Å². The molecule has 0 bridgehead atoms. The first kappa shape index (κ1) is 13.9. The van der Waals surface area contributed by atoms with Gasteiger partial charge in [0.05, 0.1) is 24.5 Å². The Bertz CT molecular complexity index is 281. The van der Waals surface area contributed by atoms with Gasteiger partial charge in [-0.15, -0.1) is 0 Å². The van der Waals surface area contributed by atoms with E-state index in [0.717, 1.165) is 6.42 Å². The minimum Gasteiger partial charge on any atom is -0.481 e. The van der Waals surface area contributed by atoms with Crippen molar-refractivity contribution >= 4 is 11.9 Å². The van der Waals surface area contributed by atoms with Gasteiger partial charge in [0.25, 0.3) is 0 Å². The van der Waals surface area contributed by atoms with Crippen molar-refractivity contribution in [3.05, 3.63) is 0 Å². The fraction of sp³-hybridized carbons (Fsp3) is 0.818. The Morgan fingerprint density at radius 1 is 1.41 bits per heavy atom. The summed E-state index contributed by atoms with van der Waals surface area (Å²) in [6.45, 7) is 0.239. The van der Waals surface area contributed by atoms with Gasteiger partial charge in [0.1, 0.15) is 0 Å². The van der Waals surface area contributed by atoms with Crippen LogP contribution in [-0.2, 0) is 14.3 Å². The van der Waals surface area contributed by atoms with Crippen molar-refractivity contribution in [2.75, 3.05) is 20.3 Å². The number of aliphatic hydroxyl groups is 1. The zero-order chi connectivity index (χ0) is 12.8. The Morgan fingerprint density at radius 3 is 2.65 bits per heavy atom. The number of hydrogen-bond acceptors (Lipinski definition) is 4. The average Bonchev–Trinajstić information content (AvgIpc) is 2.75. The van der Waals surface area contributed by atoms with Crippen molar-refractivity contribution in [1.29, 1.82) is 0 Å². The first-order chi connectivity index (χ1) is 8.06.